The second kappa shape index (κ2) is 10.2. The average Bonchev–Trinajstić information content (AvgIpc) is 3.30. The molecular formula is C29H29BrN8O3. The van der Waals surface area contributed by atoms with Gasteiger partial charge in [0.15, 0.2) is 5.78 Å². The molecule has 0 bridgehead atoms. The Labute approximate surface area is 245 Å². The van der Waals surface area contributed by atoms with Crippen LogP contribution in [0.2, 0.25) is 0 Å². The average molecular weight is 618 g/mol. The first-order chi connectivity index (χ1) is 19.5. The summed E-state index contributed by atoms with van der Waals surface area (Å²) < 4.78 is 2.08. The minimum atomic E-state index is -0.595. The number of carbonyl (C=O) groups excluding carboxylic acids is 3. The van der Waals surface area contributed by atoms with Crippen LogP contribution in [0.1, 0.15) is 53.5 Å². The third kappa shape index (κ3) is 5.06. The zero-order valence-electron chi connectivity index (χ0n) is 23.2. The number of rotatable bonds is 8. The molecule has 0 spiro atoms. The van der Waals surface area contributed by atoms with E-state index >= 15 is 0 Å². The van der Waals surface area contributed by atoms with Crippen molar-refractivity contribution >= 4 is 44.3 Å². The molecule has 3 atom stereocenters. The maximum Gasteiger partial charge on any atom is 0.245 e. The van der Waals surface area contributed by atoms with Crippen LogP contribution in [0.4, 0.5) is 0 Å². The first kappa shape index (κ1) is 27.3. The Morgan fingerprint density at radius 3 is 2.54 bits per heavy atom. The van der Waals surface area contributed by atoms with Crippen LogP contribution in [-0.4, -0.2) is 83.2 Å². The summed E-state index contributed by atoms with van der Waals surface area (Å²) in [5.41, 5.74) is 2.37. The van der Waals surface area contributed by atoms with Crippen LogP contribution in [-0.2, 0) is 17.9 Å². The first-order valence-electron chi connectivity index (χ1n) is 13.4. The monoisotopic (exact) mass is 616 g/mol. The maximum atomic E-state index is 13.8. The van der Waals surface area contributed by atoms with E-state index in [1.807, 2.05) is 19.0 Å². The van der Waals surface area contributed by atoms with Crippen LogP contribution in [0.25, 0.3) is 22.2 Å². The zero-order valence-corrected chi connectivity index (χ0v) is 24.8. The fourth-order valence-electron chi connectivity index (χ4n) is 5.75. The van der Waals surface area contributed by atoms with Crippen molar-refractivity contribution in [2.24, 2.45) is 5.41 Å². The van der Waals surface area contributed by atoms with Crippen LogP contribution >= 0.6 is 15.9 Å². The van der Waals surface area contributed by atoms with Gasteiger partial charge in [-0.15, -0.1) is 0 Å². The lowest BCUT2D eigenvalue weighted by Gasteiger charge is -2.26. The van der Waals surface area contributed by atoms with E-state index in [4.69, 9.17) is 0 Å². The van der Waals surface area contributed by atoms with E-state index in [9.17, 15) is 14.4 Å². The highest BCUT2D eigenvalue weighted by Gasteiger charge is 2.64. The Morgan fingerprint density at radius 2 is 1.85 bits per heavy atom. The lowest BCUT2D eigenvalue weighted by atomic mass is 9.97. The number of pyridine rings is 2. The molecule has 1 saturated heterocycles. The van der Waals surface area contributed by atoms with Crippen molar-refractivity contribution in [3.8, 4) is 11.3 Å². The highest BCUT2D eigenvalue weighted by atomic mass is 79.9. The van der Waals surface area contributed by atoms with Gasteiger partial charge in [0, 0.05) is 36.3 Å². The molecule has 1 saturated carbocycles. The van der Waals surface area contributed by atoms with Crippen LogP contribution < -0.4 is 0 Å². The van der Waals surface area contributed by atoms with E-state index in [0.29, 0.717) is 51.2 Å². The molecule has 0 aromatic carbocycles. The van der Waals surface area contributed by atoms with Crippen molar-refractivity contribution in [1.82, 2.24) is 39.5 Å². The Kier molecular flexibility index (Phi) is 6.77. The number of Topliss-reactive ketones (excluding diaryl/α,β-unsaturated/α-hetero) is 2. The number of halogens is 1. The summed E-state index contributed by atoms with van der Waals surface area (Å²) in [4.78, 5) is 61.2. The molecule has 5 heterocycles. The minimum Gasteiger partial charge on any atom is -0.327 e. The zero-order chi connectivity index (χ0) is 29.1. The van der Waals surface area contributed by atoms with E-state index in [1.165, 1.54) is 11.6 Å². The molecule has 2 aliphatic rings. The van der Waals surface area contributed by atoms with Gasteiger partial charge in [-0.05, 0) is 66.5 Å². The molecule has 1 aliphatic carbocycles. The number of nitrogens with zero attached hydrogens (tertiary/aromatic N) is 8. The lowest BCUT2D eigenvalue weighted by molar-refractivity contribution is -0.133. The molecule has 4 aromatic rings. The summed E-state index contributed by atoms with van der Waals surface area (Å²) >= 11 is 3.33. The molecule has 41 heavy (non-hydrogen) atoms. The molecule has 0 unspecified atom stereocenters. The summed E-state index contributed by atoms with van der Waals surface area (Å²) in [7, 11) is 3.89. The van der Waals surface area contributed by atoms with Crippen LogP contribution in [0.15, 0.2) is 47.5 Å². The number of ketones is 2. The normalized spacial score (nSPS) is 21.4. The van der Waals surface area contributed by atoms with Crippen molar-refractivity contribution < 1.29 is 14.4 Å². The largest absolute Gasteiger partial charge is 0.327 e. The lowest BCUT2D eigenvalue weighted by Crippen LogP contribution is -2.45. The third-order valence-electron chi connectivity index (χ3n) is 7.91. The molecule has 2 fully saturated rings. The molecule has 210 valence electrons. The fraction of sp³-hybridized carbons (Fsp3) is 0.379. The number of carbonyl (C=O) groups is 3. The quantitative estimate of drug-likeness (QED) is 0.215. The third-order valence-corrected chi connectivity index (χ3v) is 8.35. The van der Waals surface area contributed by atoms with Gasteiger partial charge in [-0.25, -0.2) is 15.0 Å². The predicted molar refractivity (Wildman–Crippen MR) is 154 cm³/mol. The van der Waals surface area contributed by atoms with E-state index < -0.39 is 6.04 Å². The predicted octanol–water partition coefficient (Wildman–Crippen LogP) is 3.57. The van der Waals surface area contributed by atoms with Gasteiger partial charge in [0.05, 0.1) is 30.0 Å². The smallest absolute Gasteiger partial charge is 0.245 e. The molecule has 1 amide bonds. The first-order valence-corrected chi connectivity index (χ1v) is 14.1. The highest BCUT2D eigenvalue weighted by molar-refractivity contribution is 9.10. The minimum absolute atomic E-state index is 0.00889. The SMILES string of the molecule is CC(=O)c1nn(CC(=O)N2[C@H](C(=O)c3cccc(Br)n3)C[C@@]3(C)C[C@@H]23)c2cnc(-c3cnc(CN(C)C)nc3)cc12. The number of amides is 1. The van der Waals surface area contributed by atoms with Crippen molar-refractivity contribution in [3.63, 3.8) is 0 Å². The van der Waals surface area contributed by atoms with Crippen LogP contribution in [0, 0.1) is 5.41 Å². The van der Waals surface area contributed by atoms with Crippen molar-refractivity contribution in [2.75, 3.05) is 14.1 Å². The molecule has 1 aliphatic heterocycles. The van der Waals surface area contributed by atoms with Gasteiger partial charge in [0.2, 0.25) is 11.7 Å². The number of piperidine rings is 1. The fourth-order valence-corrected chi connectivity index (χ4v) is 6.09. The number of hydrogen-bond acceptors (Lipinski definition) is 9. The van der Waals surface area contributed by atoms with Crippen LogP contribution in [0.3, 0.4) is 0 Å². The Hall–Kier alpha value is -3.90. The Morgan fingerprint density at radius 1 is 1.10 bits per heavy atom. The van der Waals surface area contributed by atoms with E-state index in [0.717, 1.165) is 6.42 Å². The van der Waals surface area contributed by atoms with Gasteiger partial charge in [0.1, 0.15) is 28.4 Å². The summed E-state index contributed by atoms with van der Waals surface area (Å²) in [6, 6.07) is 6.37. The van der Waals surface area contributed by atoms with Gasteiger partial charge in [-0.1, -0.05) is 13.0 Å². The topological polar surface area (TPSA) is 127 Å². The molecule has 4 aromatic heterocycles. The van der Waals surface area contributed by atoms with Gasteiger partial charge >= 0.3 is 0 Å². The van der Waals surface area contributed by atoms with Crippen molar-refractivity contribution in [3.05, 3.63) is 64.7 Å². The number of likely N-dealkylation sites (tertiary alicyclic amines) is 1. The van der Waals surface area contributed by atoms with E-state index in [-0.39, 0.29) is 41.2 Å². The molecular weight excluding hydrogens is 588 g/mol. The van der Waals surface area contributed by atoms with Gasteiger partial charge < -0.3 is 9.80 Å². The second-order valence-corrected chi connectivity index (χ2v) is 12.2. The molecule has 6 rings (SSSR count). The van der Waals surface area contributed by atoms with Crippen molar-refractivity contribution in [1.29, 1.82) is 0 Å². The standard InChI is InChI=1S/C29H29BrN8O3/c1-16(39)27-18-8-20(17-11-32-25(33-12-17)14-36(3)4)31-13-22(18)37(35-27)15-26(40)38-21(9-29(2)10-23(29)38)28(41)19-6-5-7-24(30)34-19/h5-8,11-13,21,23H,9-10,14-15H2,1-4H3/t21-,23+,29-/m0/s1. The van der Waals surface area contributed by atoms with Gasteiger partial charge in [-0.2, -0.15) is 5.10 Å². The van der Waals surface area contributed by atoms with Gasteiger partial charge in [0.25, 0.3) is 0 Å². The summed E-state index contributed by atoms with van der Waals surface area (Å²) in [5.74, 6) is 0.0726. The molecule has 0 radical (unpaired) electrons. The molecule has 12 heteroatoms. The second-order valence-electron chi connectivity index (χ2n) is 11.4. The number of aromatic nitrogens is 6. The highest BCUT2D eigenvalue weighted by Crippen LogP contribution is 2.59. The van der Waals surface area contributed by atoms with Crippen molar-refractivity contribution in [2.45, 2.75) is 51.9 Å². The van der Waals surface area contributed by atoms with E-state index in [1.54, 1.807) is 47.8 Å². The molecule has 11 nitrogen and oxygen atoms in total. The Bertz CT molecular complexity index is 1700. The van der Waals surface area contributed by atoms with Crippen LogP contribution in [0.5, 0.6) is 0 Å². The van der Waals surface area contributed by atoms with Gasteiger partial charge in [-0.3, -0.25) is 24.0 Å². The molecule has 0 N–H and O–H groups in total. The number of hydrogen-bond donors (Lipinski definition) is 0. The Balaban J connectivity index is 1.29. The summed E-state index contributed by atoms with van der Waals surface area (Å²) in [5, 5.41) is 5.11. The number of fused-ring (bicyclic) bond motifs is 2. The van der Waals surface area contributed by atoms with E-state index in [2.05, 4.69) is 47.9 Å². The summed E-state index contributed by atoms with van der Waals surface area (Å²) in [6.07, 6.45) is 6.48. The maximum absolute atomic E-state index is 13.8. The summed E-state index contributed by atoms with van der Waals surface area (Å²) in [6.45, 7) is 4.06.